The maximum atomic E-state index is 14.3. The molecule has 2 aromatic heterocycles. The van der Waals surface area contributed by atoms with Gasteiger partial charge >= 0.3 is 6.18 Å². The van der Waals surface area contributed by atoms with Gasteiger partial charge in [-0.3, -0.25) is 19.6 Å². The summed E-state index contributed by atoms with van der Waals surface area (Å²) in [6, 6.07) is 0.831. The monoisotopic (exact) mass is 552 g/mol. The highest BCUT2D eigenvalue weighted by molar-refractivity contribution is 5.94. The highest BCUT2D eigenvalue weighted by Crippen LogP contribution is 2.40. The number of ether oxygens (including phenoxy) is 1. The largest absolute Gasteiger partial charge is 0.481 e. The summed E-state index contributed by atoms with van der Waals surface area (Å²) in [5.74, 6) is -1.10. The summed E-state index contributed by atoms with van der Waals surface area (Å²) in [6.45, 7) is 2.13. The molecule has 2 amide bonds. The molecule has 0 aromatic carbocycles. The van der Waals surface area contributed by atoms with Crippen molar-refractivity contribution < 1.29 is 31.9 Å². The molecule has 3 aliphatic rings. The molecule has 1 unspecified atom stereocenters. The Labute approximate surface area is 223 Å². The third-order valence-corrected chi connectivity index (χ3v) is 8.28. The van der Waals surface area contributed by atoms with Crippen LogP contribution in [-0.2, 0) is 4.79 Å². The number of alkyl halides is 3. The summed E-state index contributed by atoms with van der Waals surface area (Å²) in [6.07, 6.45) is -0.511. The number of amides is 2. The Balaban J connectivity index is 1.21. The van der Waals surface area contributed by atoms with E-state index in [2.05, 4.69) is 20.5 Å². The zero-order chi connectivity index (χ0) is 27.9. The number of likely N-dealkylation sites (N-methyl/N-ethyl adjacent to an activating group) is 1. The number of pyridine rings is 1. The van der Waals surface area contributed by atoms with Gasteiger partial charge in [0.05, 0.1) is 19.0 Å². The summed E-state index contributed by atoms with van der Waals surface area (Å²) in [4.78, 5) is 33.5. The number of carbonyl (C=O) groups excluding carboxylic acids is 2. The Bertz CT molecular complexity index is 1210. The smallest absolute Gasteiger partial charge is 0.404 e. The van der Waals surface area contributed by atoms with Crippen molar-refractivity contribution in [2.45, 2.75) is 75.8 Å². The lowest BCUT2D eigenvalue weighted by Crippen LogP contribution is -2.57. The Hall–Kier alpha value is -3.22. The molecular formula is C26H32F4N6O3. The quantitative estimate of drug-likeness (QED) is 0.532. The van der Waals surface area contributed by atoms with E-state index in [0.29, 0.717) is 12.8 Å². The molecular weight excluding hydrogens is 520 g/mol. The molecule has 39 heavy (non-hydrogen) atoms. The van der Waals surface area contributed by atoms with Gasteiger partial charge in [-0.25, -0.2) is 9.37 Å². The SMILES string of the molecule is CCN1C[C@H](NC(=O)C2C[C@H]3CC[C@@H](C2)N3C(=O)c2cc(-c3cc(OC)ncc3F)n[nH]2)CC[C@@H]1C(F)(F)F. The third kappa shape index (κ3) is 5.45. The van der Waals surface area contributed by atoms with Gasteiger partial charge in [0.25, 0.3) is 5.91 Å². The van der Waals surface area contributed by atoms with Crippen molar-refractivity contribution in [3.05, 3.63) is 29.8 Å². The van der Waals surface area contributed by atoms with Crippen molar-refractivity contribution in [3.63, 3.8) is 0 Å². The number of piperidine rings is 2. The fourth-order valence-corrected chi connectivity index (χ4v) is 6.36. The standard InChI is InChI=1S/C26H32F4N6O3/c1-3-35-13-15(4-7-22(35)26(28,29)30)32-24(37)14-8-16-5-6-17(9-14)36(16)25(38)21-11-20(33-34-21)18-10-23(39-2)31-12-19(18)27/h10-12,14-17,22H,3-9,13H2,1-2H3,(H,32,37)(H,33,34)/t14?,15-,16-,17+,22-/m1/s1. The van der Waals surface area contributed by atoms with E-state index in [-0.39, 0.29) is 84.6 Å². The number of fused-ring (bicyclic) bond motifs is 2. The van der Waals surface area contributed by atoms with Crippen molar-refractivity contribution in [3.8, 4) is 17.1 Å². The number of carbonyl (C=O) groups is 2. The minimum absolute atomic E-state index is 0.0389. The van der Waals surface area contributed by atoms with Crippen molar-refractivity contribution in [1.29, 1.82) is 0 Å². The topological polar surface area (TPSA) is 103 Å². The number of H-pyrrole nitrogens is 1. The van der Waals surface area contributed by atoms with E-state index in [1.807, 2.05) is 0 Å². The molecule has 0 aliphatic carbocycles. The number of hydrogen-bond donors (Lipinski definition) is 2. The van der Waals surface area contributed by atoms with Crippen LogP contribution >= 0.6 is 0 Å². The van der Waals surface area contributed by atoms with E-state index in [0.717, 1.165) is 19.0 Å². The van der Waals surface area contributed by atoms with E-state index in [1.165, 1.54) is 24.1 Å². The second-order valence-corrected chi connectivity index (χ2v) is 10.6. The van der Waals surface area contributed by atoms with Crippen LogP contribution in [0.3, 0.4) is 0 Å². The molecule has 3 fully saturated rings. The van der Waals surface area contributed by atoms with Crippen LogP contribution in [-0.4, -0.2) is 87.3 Å². The normalized spacial score (nSPS) is 27.4. The van der Waals surface area contributed by atoms with Gasteiger partial charge in [-0.2, -0.15) is 18.3 Å². The molecule has 3 saturated heterocycles. The van der Waals surface area contributed by atoms with Crippen molar-refractivity contribution in [1.82, 2.24) is 30.3 Å². The fraction of sp³-hybridized carbons (Fsp3) is 0.615. The molecule has 9 nitrogen and oxygen atoms in total. The van der Waals surface area contributed by atoms with Crippen LogP contribution < -0.4 is 10.1 Å². The number of rotatable bonds is 6. The van der Waals surface area contributed by atoms with E-state index < -0.39 is 18.0 Å². The minimum Gasteiger partial charge on any atom is -0.481 e. The van der Waals surface area contributed by atoms with Gasteiger partial charge in [-0.05, 0) is 51.1 Å². The highest BCUT2D eigenvalue weighted by Gasteiger charge is 2.48. The molecule has 0 spiro atoms. The van der Waals surface area contributed by atoms with E-state index in [4.69, 9.17) is 4.74 Å². The number of aromatic amines is 1. The molecule has 2 aromatic rings. The first-order valence-electron chi connectivity index (χ1n) is 13.3. The summed E-state index contributed by atoms with van der Waals surface area (Å²) < 4.78 is 59.3. The molecule has 212 valence electrons. The third-order valence-electron chi connectivity index (χ3n) is 8.28. The number of nitrogens with one attached hydrogen (secondary N) is 2. The fourth-order valence-electron chi connectivity index (χ4n) is 6.36. The summed E-state index contributed by atoms with van der Waals surface area (Å²) in [5, 5.41) is 9.82. The predicted octanol–water partition coefficient (Wildman–Crippen LogP) is 3.53. The average molecular weight is 553 g/mol. The van der Waals surface area contributed by atoms with Crippen molar-refractivity contribution >= 4 is 11.8 Å². The lowest BCUT2D eigenvalue weighted by molar-refractivity contribution is -0.192. The van der Waals surface area contributed by atoms with Crippen LogP contribution in [0.5, 0.6) is 5.88 Å². The first-order valence-corrected chi connectivity index (χ1v) is 13.3. The second kappa shape index (κ2) is 10.7. The van der Waals surface area contributed by atoms with Gasteiger partial charge in [0.1, 0.15) is 11.7 Å². The Kier molecular flexibility index (Phi) is 7.53. The first kappa shape index (κ1) is 27.4. The maximum absolute atomic E-state index is 14.3. The molecule has 5 heterocycles. The molecule has 0 saturated carbocycles. The van der Waals surface area contributed by atoms with Crippen LogP contribution in [0.2, 0.25) is 0 Å². The van der Waals surface area contributed by atoms with E-state index >= 15 is 0 Å². The average Bonchev–Trinajstić information content (AvgIpc) is 3.50. The second-order valence-electron chi connectivity index (χ2n) is 10.6. The number of hydrogen-bond acceptors (Lipinski definition) is 6. The van der Waals surface area contributed by atoms with E-state index in [1.54, 1.807) is 11.8 Å². The molecule has 5 rings (SSSR count). The highest BCUT2D eigenvalue weighted by atomic mass is 19.4. The van der Waals surface area contributed by atoms with Gasteiger partial charge in [0.15, 0.2) is 5.82 Å². The van der Waals surface area contributed by atoms with Crippen LogP contribution in [0, 0.1) is 11.7 Å². The van der Waals surface area contributed by atoms with Crippen LogP contribution in [0.4, 0.5) is 17.6 Å². The first-order chi connectivity index (χ1) is 18.6. The lowest BCUT2D eigenvalue weighted by atomic mass is 9.88. The molecule has 5 atom stereocenters. The van der Waals surface area contributed by atoms with Crippen LogP contribution in [0.15, 0.2) is 18.3 Å². The van der Waals surface area contributed by atoms with Gasteiger partial charge < -0.3 is 15.0 Å². The van der Waals surface area contributed by atoms with Gasteiger partial charge in [-0.15, -0.1) is 0 Å². The van der Waals surface area contributed by atoms with Gasteiger partial charge in [-0.1, -0.05) is 6.92 Å². The lowest BCUT2D eigenvalue weighted by Gasteiger charge is -2.41. The zero-order valence-corrected chi connectivity index (χ0v) is 21.8. The van der Waals surface area contributed by atoms with Crippen molar-refractivity contribution in [2.75, 3.05) is 20.2 Å². The molecule has 0 radical (unpaired) electrons. The van der Waals surface area contributed by atoms with E-state index in [9.17, 15) is 27.2 Å². The number of methoxy groups -OCH3 is 1. The summed E-state index contributed by atoms with van der Waals surface area (Å²) >= 11 is 0. The number of nitrogens with zero attached hydrogens (tertiary/aromatic N) is 4. The minimum atomic E-state index is -4.28. The number of halogens is 4. The van der Waals surface area contributed by atoms with Crippen LogP contribution in [0.25, 0.3) is 11.3 Å². The molecule has 2 N–H and O–H groups in total. The van der Waals surface area contributed by atoms with Crippen LogP contribution in [0.1, 0.15) is 55.9 Å². The maximum Gasteiger partial charge on any atom is 0.404 e. The zero-order valence-electron chi connectivity index (χ0n) is 21.8. The summed E-state index contributed by atoms with van der Waals surface area (Å²) in [5.41, 5.74) is 0.627. The number of likely N-dealkylation sites (tertiary alicyclic amines) is 1. The predicted molar refractivity (Wildman–Crippen MR) is 132 cm³/mol. The van der Waals surface area contributed by atoms with Gasteiger partial charge in [0, 0.05) is 42.2 Å². The Morgan fingerprint density at radius 2 is 1.87 bits per heavy atom. The molecule has 13 heteroatoms. The number of aromatic nitrogens is 3. The van der Waals surface area contributed by atoms with Crippen molar-refractivity contribution in [2.24, 2.45) is 5.92 Å². The van der Waals surface area contributed by atoms with Gasteiger partial charge in [0.2, 0.25) is 11.8 Å². The Morgan fingerprint density at radius 1 is 1.15 bits per heavy atom. The Morgan fingerprint density at radius 3 is 2.51 bits per heavy atom. The molecule has 2 bridgehead atoms. The summed E-state index contributed by atoms with van der Waals surface area (Å²) in [7, 11) is 1.42. The molecule has 3 aliphatic heterocycles.